The predicted octanol–water partition coefficient (Wildman–Crippen LogP) is 3.92. The first kappa shape index (κ1) is 18.3. The zero-order valence-electron chi connectivity index (χ0n) is 15.5. The topological polar surface area (TPSA) is 18.5 Å². The minimum Gasteiger partial charge on any atom is -0.372 e. The summed E-state index contributed by atoms with van der Waals surface area (Å²) in [6.45, 7) is 15.8. The highest BCUT2D eigenvalue weighted by atomic mass is 15.2. The van der Waals surface area contributed by atoms with E-state index in [1.165, 1.54) is 37.2 Å². The maximum Gasteiger partial charge on any atom is 0.0366 e. The van der Waals surface area contributed by atoms with Crippen molar-refractivity contribution in [3.05, 3.63) is 29.8 Å². The Hall–Kier alpha value is -1.06. The highest BCUT2D eigenvalue weighted by molar-refractivity contribution is 5.47. The van der Waals surface area contributed by atoms with Gasteiger partial charge in [-0.15, -0.1) is 0 Å². The predicted molar refractivity (Wildman–Crippen MR) is 101 cm³/mol. The molecule has 1 fully saturated rings. The van der Waals surface area contributed by atoms with Crippen LogP contribution in [0.25, 0.3) is 0 Å². The van der Waals surface area contributed by atoms with E-state index in [-0.39, 0.29) is 0 Å². The van der Waals surface area contributed by atoms with Crippen molar-refractivity contribution >= 4 is 5.69 Å². The summed E-state index contributed by atoms with van der Waals surface area (Å²) in [7, 11) is 0. The number of anilines is 1. The van der Waals surface area contributed by atoms with Gasteiger partial charge in [0.1, 0.15) is 0 Å². The molecule has 0 aliphatic carbocycles. The first-order valence-electron chi connectivity index (χ1n) is 9.45. The van der Waals surface area contributed by atoms with Gasteiger partial charge in [-0.3, -0.25) is 4.90 Å². The maximum absolute atomic E-state index is 3.48. The van der Waals surface area contributed by atoms with Crippen LogP contribution in [0.3, 0.4) is 0 Å². The molecule has 1 aliphatic heterocycles. The molecule has 23 heavy (non-hydrogen) atoms. The molecular formula is C20H35N3. The van der Waals surface area contributed by atoms with Crippen LogP contribution in [0, 0.1) is 5.92 Å². The molecule has 0 amide bonds. The summed E-state index contributed by atoms with van der Waals surface area (Å²) in [6, 6.07) is 9.92. The summed E-state index contributed by atoms with van der Waals surface area (Å²) in [4.78, 5) is 5.09. The Bertz CT molecular complexity index is 431. The molecule has 1 saturated heterocycles. The number of hydrogen-bond donors (Lipinski definition) is 1. The molecule has 3 nitrogen and oxygen atoms in total. The second kappa shape index (κ2) is 9.29. The molecule has 0 bridgehead atoms. The number of rotatable bonds is 8. The van der Waals surface area contributed by atoms with Gasteiger partial charge in [0, 0.05) is 51.0 Å². The van der Waals surface area contributed by atoms with Crippen LogP contribution in [0.4, 0.5) is 5.69 Å². The summed E-state index contributed by atoms with van der Waals surface area (Å²) in [5.74, 6) is 0.773. The van der Waals surface area contributed by atoms with E-state index in [1.807, 2.05) is 0 Å². The summed E-state index contributed by atoms with van der Waals surface area (Å²) in [6.07, 6.45) is 2.56. The van der Waals surface area contributed by atoms with Crippen LogP contribution in [0.2, 0.25) is 0 Å². The van der Waals surface area contributed by atoms with Gasteiger partial charge in [-0.2, -0.15) is 0 Å². The van der Waals surface area contributed by atoms with Gasteiger partial charge >= 0.3 is 0 Å². The molecule has 0 radical (unpaired) electrons. The van der Waals surface area contributed by atoms with Crippen LogP contribution in [0.5, 0.6) is 0 Å². The summed E-state index contributed by atoms with van der Waals surface area (Å²) in [5.41, 5.74) is 2.84. The highest BCUT2D eigenvalue weighted by Crippen LogP contribution is 2.29. The number of nitrogens with zero attached hydrogens (tertiary/aromatic N) is 2. The van der Waals surface area contributed by atoms with Crippen molar-refractivity contribution in [2.75, 3.05) is 44.2 Å². The molecule has 0 aromatic heterocycles. The maximum atomic E-state index is 3.48. The molecule has 1 aromatic rings. The second-order valence-electron chi connectivity index (χ2n) is 7.04. The summed E-state index contributed by atoms with van der Waals surface area (Å²) < 4.78 is 0. The molecule has 130 valence electrons. The molecule has 1 atom stereocenters. The van der Waals surface area contributed by atoms with Gasteiger partial charge in [-0.25, -0.2) is 0 Å². The second-order valence-corrected chi connectivity index (χ2v) is 7.04. The van der Waals surface area contributed by atoms with Gasteiger partial charge < -0.3 is 10.2 Å². The van der Waals surface area contributed by atoms with Crippen molar-refractivity contribution in [3.63, 3.8) is 0 Å². The van der Waals surface area contributed by atoms with Crippen molar-refractivity contribution in [3.8, 4) is 0 Å². The van der Waals surface area contributed by atoms with Crippen molar-refractivity contribution < 1.29 is 0 Å². The van der Waals surface area contributed by atoms with E-state index in [2.05, 4.69) is 67.1 Å². The first-order valence-corrected chi connectivity index (χ1v) is 9.45. The fourth-order valence-electron chi connectivity index (χ4n) is 3.54. The number of piperazine rings is 1. The molecule has 0 unspecified atom stereocenters. The molecule has 1 aromatic carbocycles. The fourth-order valence-corrected chi connectivity index (χ4v) is 3.54. The van der Waals surface area contributed by atoms with Crippen molar-refractivity contribution in [2.45, 2.75) is 46.6 Å². The van der Waals surface area contributed by atoms with E-state index in [9.17, 15) is 0 Å². The number of benzene rings is 1. The lowest BCUT2D eigenvalue weighted by molar-refractivity contribution is 0.160. The molecule has 3 heteroatoms. The third-order valence-electron chi connectivity index (χ3n) is 5.02. The fraction of sp³-hybridized carbons (Fsp3) is 0.700. The standard InChI is InChI=1S/C20H35N3/c1-5-22(6-2)19-10-8-18(9-11-19)20(12-7-17(3)4)23-15-13-21-14-16-23/h8-11,17,20-21H,5-7,12-16H2,1-4H3/t20-/m0/s1. The van der Waals surface area contributed by atoms with Crippen LogP contribution in [0.15, 0.2) is 24.3 Å². The monoisotopic (exact) mass is 317 g/mol. The van der Waals surface area contributed by atoms with Crippen molar-refractivity contribution in [1.82, 2.24) is 10.2 Å². The summed E-state index contributed by atoms with van der Waals surface area (Å²) >= 11 is 0. The van der Waals surface area contributed by atoms with Gasteiger partial charge in [-0.05, 0) is 50.3 Å². The Morgan fingerprint density at radius 2 is 1.61 bits per heavy atom. The van der Waals surface area contributed by atoms with Gasteiger partial charge in [0.15, 0.2) is 0 Å². The lowest BCUT2D eigenvalue weighted by atomic mass is 9.95. The molecule has 1 N–H and O–H groups in total. The lowest BCUT2D eigenvalue weighted by Crippen LogP contribution is -2.45. The van der Waals surface area contributed by atoms with Crippen LogP contribution >= 0.6 is 0 Å². The average molecular weight is 318 g/mol. The Balaban J connectivity index is 2.13. The van der Waals surface area contributed by atoms with E-state index in [4.69, 9.17) is 0 Å². The number of hydrogen-bond acceptors (Lipinski definition) is 3. The minimum absolute atomic E-state index is 0.574. The zero-order valence-corrected chi connectivity index (χ0v) is 15.5. The van der Waals surface area contributed by atoms with E-state index >= 15 is 0 Å². The molecular weight excluding hydrogens is 282 g/mol. The van der Waals surface area contributed by atoms with Gasteiger partial charge in [-0.1, -0.05) is 26.0 Å². The van der Waals surface area contributed by atoms with Crippen molar-refractivity contribution in [2.24, 2.45) is 5.92 Å². The van der Waals surface area contributed by atoms with Crippen LogP contribution in [0.1, 0.15) is 52.1 Å². The zero-order chi connectivity index (χ0) is 16.7. The molecule has 0 spiro atoms. The van der Waals surface area contributed by atoms with Crippen LogP contribution in [-0.2, 0) is 0 Å². The highest BCUT2D eigenvalue weighted by Gasteiger charge is 2.22. The van der Waals surface area contributed by atoms with Crippen LogP contribution in [-0.4, -0.2) is 44.2 Å². The van der Waals surface area contributed by atoms with Crippen molar-refractivity contribution in [1.29, 1.82) is 0 Å². The van der Waals surface area contributed by atoms with E-state index in [0.29, 0.717) is 6.04 Å². The normalized spacial score (nSPS) is 17.4. The van der Waals surface area contributed by atoms with Gasteiger partial charge in [0.25, 0.3) is 0 Å². The average Bonchev–Trinajstić information content (AvgIpc) is 2.58. The quantitative estimate of drug-likeness (QED) is 0.784. The largest absolute Gasteiger partial charge is 0.372 e. The third-order valence-corrected chi connectivity index (χ3v) is 5.02. The molecule has 1 aliphatic rings. The Labute approximate surface area is 143 Å². The smallest absolute Gasteiger partial charge is 0.0366 e. The Kier molecular flexibility index (Phi) is 7.38. The van der Waals surface area contributed by atoms with E-state index < -0.39 is 0 Å². The molecule has 2 rings (SSSR count). The van der Waals surface area contributed by atoms with Crippen LogP contribution < -0.4 is 10.2 Å². The Morgan fingerprint density at radius 3 is 2.13 bits per heavy atom. The number of nitrogens with one attached hydrogen (secondary N) is 1. The first-order chi connectivity index (χ1) is 11.2. The lowest BCUT2D eigenvalue weighted by Gasteiger charge is -2.36. The van der Waals surface area contributed by atoms with Gasteiger partial charge in [0.2, 0.25) is 0 Å². The minimum atomic E-state index is 0.574. The SMILES string of the molecule is CCN(CC)c1ccc([C@H](CCC(C)C)N2CCNCC2)cc1. The summed E-state index contributed by atoms with van der Waals surface area (Å²) in [5, 5.41) is 3.48. The van der Waals surface area contributed by atoms with E-state index in [0.717, 1.165) is 32.1 Å². The Morgan fingerprint density at radius 1 is 1.00 bits per heavy atom. The molecule has 1 heterocycles. The third kappa shape index (κ3) is 5.22. The van der Waals surface area contributed by atoms with E-state index in [1.54, 1.807) is 0 Å². The van der Waals surface area contributed by atoms with Gasteiger partial charge in [0.05, 0.1) is 0 Å². The molecule has 0 saturated carbocycles.